The van der Waals surface area contributed by atoms with E-state index >= 15 is 0 Å². The summed E-state index contributed by atoms with van der Waals surface area (Å²) >= 11 is 13.0. The number of nitrogens with one attached hydrogen (secondary N) is 1. The number of anilines is 1. The van der Waals surface area contributed by atoms with Crippen molar-refractivity contribution >= 4 is 55.1 Å². The Morgan fingerprint density at radius 1 is 1.17 bits per heavy atom. The molecule has 0 bridgehead atoms. The summed E-state index contributed by atoms with van der Waals surface area (Å²) < 4.78 is 7.36. The Kier molecular flexibility index (Phi) is 6.12. The van der Waals surface area contributed by atoms with E-state index in [-0.39, 0.29) is 12.5 Å². The van der Waals surface area contributed by atoms with Crippen molar-refractivity contribution in [1.82, 2.24) is 0 Å². The number of benzene rings is 2. The van der Waals surface area contributed by atoms with E-state index in [0.29, 0.717) is 10.8 Å². The Labute approximate surface area is 157 Å². The number of hydrogen-bond acceptors (Lipinski definition) is 2. The van der Waals surface area contributed by atoms with Crippen LogP contribution in [0.5, 0.6) is 5.75 Å². The molecule has 6 heteroatoms. The third kappa shape index (κ3) is 4.49. The molecule has 23 heavy (non-hydrogen) atoms. The summed E-state index contributed by atoms with van der Waals surface area (Å²) in [6.45, 7) is 5.66. The molecule has 3 nitrogen and oxygen atoms in total. The van der Waals surface area contributed by atoms with E-state index in [0.717, 1.165) is 31.3 Å². The Bertz CT molecular complexity index is 763. The Morgan fingerprint density at radius 2 is 1.87 bits per heavy atom. The van der Waals surface area contributed by atoms with E-state index in [2.05, 4.69) is 37.2 Å². The Morgan fingerprint density at radius 3 is 2.52 bits per heavy atom. The van der Waals surface area contributed by atoms with Crippen LogP contribution in [0.4, 0.5) is 5.69 Å². The number of carbonyl (C=O) groups is 1. The first-order chi connectivity index (χ1) is 10.8. The van der Waals surface area contributed by atoms with Gasteiger partial charge in [0.1, 0.15) is 5.75 Å². The van der Waals surface area contributed by atoms with Gasteiger partial charge in [-0.3, -0.25) is 4.79 Å². The first-order valence-corrected chi connectivity index (χ1v) is 8.90. The fraction of sp³-hybridized carbons (Fsp3) is 0.235. The molecule has 0 unspecified atom stereocenters. The van der Waals surface area contributed by atoms with Crippen LogP contribution in [0.1, 0.15) is 16.7 Å². The van der Waals surface area contributed by atoms with E-state index in [9.17, 15) is 4.79 Å². The minimum absolute atomic E-state index is 0.0748. The monoisotopic (exact) mass is 459 g/mol. The Hall–Kier alpha value is -1.04. The maximum absolute atomic E-state index is 12.1. The number of hydrogen-bond donors (Lipinski definition) is 1. The smallest absolute Gasteiger partial charge is 0.262 e. The van der Waals surface area contributed by atoms with Crippen LogP contribution in [0, 0.1) is 20.8 Å². The van der Waals surface area contributed by atoms with Crippen molar-refractivity contribution in [3.05, 3.63) is 54.9 Å². The molecule has 0 heterocycles. The molecule has 0 aliphatic rings. The van der Waals surface area contributed by atoms with Crippen molar-refractivity contribution in [2.75, 3.05) is 11.9 Å². The van der Waals surface area contributed by atoms with Crippen LogP contribution in [-0.2, 0) is 4.79 Å². The molecule has 122 valence electrons. The van der Waals surface area contributed by atoms with Crippen LogP contribution >= 0.6 is 43.5 Å². The third-order valence-corrected chi connectivity index (χ3v) is 5.45. The molecule has 0 atom stereocenters. The second-order valence-electron chi connectivity index (χ2n) is 5.24. The van der Waals surface area contributed by atoms with Crippen LogP contribution in [0.25, 0.3) is 0 Å². The van der Waals surface area contributed by atoms with Gasteiger partial charge in [-0.05, 0) is 77.7 Å². The van der Waals surface area contributed by atoms with E-state index in [4.69, 9.17) is 16.3 Å². The molecule has 1 N–H and O–H groups in total. The molecule has 1 amide bonds. The van der Waals surface area contributed by atoms with Crippen molar-refractivity contribution in [3.8, 4) is 5.75 Å². The van der Waals surface area contributed by atoms with Gasteiger partial charge in [0, 0.05) is 15.2 Å². The van der Waals surface area contributed by atoms with Gasteiger partial charge >= 0.3 is 0 Å². The highest BCUT2D eigenvalue weighted by Gasteiger charge is 2.13. The van der Waals surface area contributed by atoms with Crippen LogP contribution in [-0.4, -0.2) is 12.5 Å². The summed E-state index contributed by atoms with van der Waals surface area (Å²) in [5.41, 5.74) is 3.55. The van der Waals surface area contributed by atoms with Gasteiger partial charge < -0.3 is 10.1 Å². The lowest BCUT2D eigenvalue weighted by Gasteiger charge is -2.14. The average molecular weight is 462 g/mol. The summed E-state index contributed by atoms with van der Waals surface area (Å²) in [4.78, 5) is 12.1. The fourth-order valence-corrected chi connectivity index (χ4v) is 3.27. The molecular weight excluding hydrogens is 445 g/mol. The number of carbonyl (C=O) groups excluding carboxylic acids is 1. The fourth-order valence-electron chi connectivity index (χ4n) is 2.10. The van der Waals surface area contributed by atoms with Gasteiger partial charge in [-0.25, -0.2) is 0 Å². The zero-order valence-electron chi connectivity index (χ0n) is 13.0. The molecule has 2 aromatic rings. The molecule has 0 fully saturated rings. The lowest BCUT2D eigenvalue weighted by atomic mass is 10.1. The van der Waals surface area contributed by atoms with Gasteiger partial charge in [0.05, 0.1) is 4.47 Å². The molecule has 2 aromatic carbocycles. The van der Waals surface area contributed by atoms with Crippen LogP contribution in [0.15, 0.2) is 33.2 Å². The quantitative estimate of drug-likeness (QED) is 0.624. The van der Waals surface area contributed by atoms with Gasteiger partial charge in [-0.1, -0.05) is 27.5 Å². The molecule has 2 rings (SSSR count). The van der Waals surface area contributed by atoms with Gasteiger partial charge in [0.25, 0.3) is 5.91 Å². The molecule has 0 radical (unpaired) electrons. The highest BCUT2D eigenvalue weighted by Crippen LogP contribution is 2.35. The van der Waals surface area contributed by atoms with Crippen molar-refractivity contribution in [1.29, 1.82) is 0 Å². The van der Waals surface area contributed by atoms with Crippen molar-refractivity contribution in [3.63, 3.8) is 0 Å². The van der Waals surface area contributed by atoms with Gasteiger partial charge in [0.15, 0.2) is 6.61 Å². The lowest BCUT2D eigenvalue weighted by molar-refractivity contribution is -0.118. The molecule has 0 saturated carbocycles. The highest BCUT2D eigenvalue weighted by atomic mass is 79.9. The third-order valence-electron chi connectivity index (χ3n) is 3.39. The zero-order valence-corrected chi connectivity index (χ0v) is 16.9. The van der Waals surface area contributed by atoms with Gasteiger partial charge in [0.2, 0.25) is 0 Å². The van der Waals surface area contributed by atoms with E-state index < -0.39 is 0 Å². The number of amides is 1. The average Bonchev–Trinajstić information content (AvgIpc) is 2.50. The molecule has 0 saturated heterocycles. The van der Waals surface area contributed by atoms with E-state index in [1.807, 2.05) is 45.0 Å². The van der Waals surface area contributed by atoms with Crippen LogP contribution < -0.4 is 10.1 Å². The maximum atomic E-state index is 12.1. The molecule has 0 spiro atoms. The molecular formula is C17H16Br2ClNO2. The van der Waals surface area contributed by atoms with Crippen molar-refractivity contribution in [2.45, 2.75) is 20.8 Å². The van der Waals surface area contributed by atoms with Gasteiger partial charge in [-0.2, -0.15) is 0 Å². The van der Waals surface area contributed by atoms with Crippen LogP contribution in [0.2, 0.25) is 5.02 Å². The van der Waals surface area contributed by atoms with Crippen LogP contribution in [0.3, 0.4) is 0 Å². The first-order valence-electron chi connectivity index (χ1n) is 6.93. The van der Waals surface area contributed by atoms with E-state index in [1.165, 1.54) is 0 Å². The summed E-state index contributed by atoms with van der Waals surface area (Å²) in [5.74, 6) is 0.389. The summed E-state index contributed by atoms with van der Waals surface area (Å²) in [6, 6.07) is 7.49. The largest absolute Gasteiger partial charge is 0.483 e. The van der Waals surface area contributed by atoms with Crippen molar-refractivity contribution < 1.29 is 9.53 Å². The normalized spacial score (nSPS) is 10.5. The molecule has 0 aliphatic heterocycles. The van der Waals surface area contributed by atoms with E-state index in [1.54, 1.807) is 0 Å². The number of aryl methyl sites for hydroxylation is 2. The predicted molar refractivity (Wildman–Crippen MR) is 102 cm³/mol. The first kappa shape index (κ1) is 18.3. The minimum atomic E-state index is -0.215. The predicted octanol–water partition coefficient (Wildman–Crippen LogP) is 5.81. The second kappa shape index (κ2) is 7.69. The van der Waals surface area contributed by atoms with Gasteiger partial charge in [-0.15, -0.1) is 0 Å². The Balaban J connectivity index is 2.05. The summed E-state index contributed by atoms with van der Waals surface area (Å²) in [7, 11) is 0. The maximum Gasteiger partial charge on any atom is 0.262 e. The zero-order chi connectivity index (χ0) is 17.1. The molecule has 0 aromatic heterocycles. The number of ether oxygens (including phenoxy) is 1. The van der Waals surface area contributed by atoms with Crippen molar-refractivity contribution in [2.24, 2.45) is 0 Å². The lowest BCUT2D eigenvalue weighted by Crippen LogP contribution is -2.20. The topological polar surface area (TPSA) is 38.3 Å². The summed E-state index contributed by atoms with van der Waals surface area (Å²) in [6.07, 6.45) is 0. The second-order valence-corrected chi connectivity index (χ2v) is 7.33. The standard InChI is InChI=1S/C17H16Br2ClNO2/c1-9-6-12(18)4-5-13(9)21-15(22)8-23-14-7-10(2)17(20)11(3)16(14)19/h4-7H,8H2,1-3H3,(H,21,22). The minimum Gasteiger partial charge on any atom is -0.483 e. The SMILES string of the molecule is Cc1cc(Br)ccc1NC(=O)COc1cc(C)c(Cl)c(C)c1Br. The number of halogens is 3. The summed E-state index contributed by atoms with van der Waals surface area (Å²) in [5, 5.41) is 3.54. The molecule has 0 aliphatic carbocycles. The number of rotatable bonds is 4. The highest BCUT2D eigenvalue weighted by molar-refractivity contribution is 9.10.